The lowest BCUT2D eigenvalue weighted by Crippen LogP contribution is -2.49. The van der Waals surface area contributed by atoms with Crippen molar-refractivity contribution in [1.82, 2.24) is 15.2 Å². The Morgan fingerprint density at radius 3 is 2.95 bits per heavy atom. The molecule has 6 nitrogen and oxygen atoms in total. The third-order valence-corrected chi connectivity index (χ3v) is 4.74. The molecule has 21 heavy (non-hydrogen) atoms. The lowest BCUT2D eigenvalue weighted by atomic mass is 10.00. The highest BCUT2D eigenvalue weighted by Gasteiger charge is 2.29. The zero-order chi connectivity index (χ0) is 15.4. The number of aliphatic carboxylic acids is 1. The van der Waals surface area contributed by atoms with Crippen LogP contribution in [-0.4, -0.2) is 39.6 Å². The number of piperidine rings is 1. The molecule has 2 amide bonds. The number of urea groups is 1. The molecular weight excluding hydrogens is 290 g/mol. The number of aryl methyl sites for hydroxylation is 1. The number of carboxylic acid groups (broad SMARTS) is 1. The first-order chi connectivity index (χ1) is 9.97. The first kappa shape index (κ1) is 15.8. The van der Waals surface area contributed by atoms with Crippen molar-refractivity contribution < 1.29 is 14.7 Å². The number of carboxylic acids is 1. The van der Waals surface area contributed by atoms with Crippen molar-refractivity contribution in [3.05, 3.63) is 16.1 Å². The van der Waals surface area contributed by atoms with Crippen LogP contribution in [0.15, 0.2) is 6.20 Å². The van der Waals surface area contributed by atoms with Crippen LogP contribution in [0.5, 0.6) is 0 Å². The fourth-order valence-electron chi connectivity index (χ4n) is 2.58. The van der Waals surface area contributed by atoms with Crippen LogP contribution in [-0.2, 0) is 4.79 Å². The molecule has 1 aromatic heterocycles. The maximum Gasteiger partial charge on any atom is 0.318 e. The molecule has 1 fully saturated rings. The minimum absolute atomic E-state index is 0.0121. The monoisotopic (exact) mass is 311 g/mol. The highest BCUT2D eigenvalue weighted by molar-refractivity contribution is 7.11. The van der Waals surface area contributed by atoms with Crippen LogP contribution in [0.2, 0.25) is 0 Å². The molecule has 1 aromatic rings. The Labute approximate surface area is 128 Å². The molecule has 0 spiro atoms. The Morgan fingerprint density at radius 1 is 1.57 bits per heavy atom. The molecule has 2 atom stereocenters. The average molecular weight is 311 g/mol. The van der Waals surface area contributed by atoms with Crippen LogP contribution in [0, 0.1) is 6.92 Å². The summed E-state index contributed by atoms with van der Waals surface area (Å²) in [6.07, 6.45) is 4.46. The van der Waals surface area contributed by atoms with E-state index in [1.807, 2.05) is 13.8 Å². The number of carbonyl (C=O) groups excluding carboxylic acids is 1. The number of aromatic nitrogens is 1. The Kier molecular flexibility index (Phi) is 5.17. The van der Waals surface area contributed by atoms with Gasteiger partial charge in [-0.15, -0.1) is 11.3 Å². The number of rotatable bonds is 4. The highest BCUT2D eigenvalue weighted by atomic mass is 32.1. The van der Waals surface area contributed by atoms with Crippen LogP contribution >= 0.6 is 11.3 Å². The van der Waals surface area contributed by atoms with Gasteiger partial charge in [0.15, 0.2) is 0 Å². The maximum absolute atomic E-state index is 12.4. The largest absolute Gasteiger partial charge is 0.481 e. The lowest BCUT2D eigenvalue weighted by molar-refractivity contribution is -0.138. The topological polar surface area (TPSA) is 82.5 Å². The predicted molar refractivity (Wildman–Crippen MR) is 80.4 cm³/mol. The maximum atomic E-state index is 12.4. The van der Waals surface area contributed by atoms with E-state index in [4.69, 9.17) is 5.11 Å². The summed E-state index contributed by atoms with van der Waals surface area (Å²) in [4.78, 5) is 30.3. The summed E-state index contributed by atoms with van der Waals surface area (Å²) in [5.74, 6) is -0.858. The van der Waals surface area contributed by atoms with E-state index in [0.717, 1.165) is 29.1 Å². The van der Waals surface area contributed by atoms with E-state index < -0.39 is 5.97 Å². The summed E-state index contributed by atoms with van der Waals surface area (Å²) in [6, 6.07) is -0.564. The standard InChI is InChI=1S/C14H21N3O3S/c1-9-8-15-13(21-9)10(2)16-14(20)17-6-4-3-5-11(17)7-12(18)19/h8,10-11H,3-7H2,1-2H3,(H,16,20)(H,18,19). The van der Waals surface area contributed by atoms with Crippen molar-refractivity contribution in [3.63, 3.8) is 0 Å². The molecule has 2 unspecified atom stereocenters. The molecule has 0 aromatic carbocycles. The summed E-state index contributed by atoms with van der Waals surface area (Å²) in [5, 5.41) is 12.8. The van der Waals surface area contributed by atoms with Crippen molar-refractivity contribution in [2.75, 3.05) is 6.54 Å². The van der Waals surface area contributed by atoms with Crippen LogP contribution in [0.3, 0.4) is 0 Å². The Morgan fingerprint density at radius 2 is 2.33 bits per heavy atom. The van der Waals surface area contributed by atoms with Gasteiger partial charge in [0, 0.05) is 23.7 Å². The molecule has 116 valence electrons. The summed E-state index contributed by atoms with van der Waals surface area (Å²) in [7, 11) is 0. The molecule has 0 radical (unpaired) electrons. The number of carbonyl (C=O) groups is 2. The average Bonchev–Trinajstić information content (AvgIpc) is 2.85. The molecule has 1 aliphatic rings. The van der Waals surface area contributed by atoms with E-state index in [1.54, 1.807) is 22.4 Å². The van der Waals surface area contributed by atoms with E-state index >= 15 is 0 Å². The van der Waals surface area contributed by atoms with E-state index in [9.17, 15) is 9.59 Å². The molecule has 0 bridgehead atoms. The second-order valence-corrected chi connectivity index (χ2v) is 6.69. The minimum Gasteiger partial charge on any atom is -0.481 e. The van der Waals surface area contributed by atoms with Gasteiger partial charge in [0.1, 0.15) is 5.01 Å². The van der Waals surface area contributed by atoms with Crippen molar-refractivity contribution >= 4 is 23.3 Å². The summed E-state index contributed by atoms with van der Waals surface area (Å²) in [6.45, 7) is 4.49. The van der Waals surface area contributed by atoms with Crippen molar-refractivity contribution in [3.8, 4) is 0 Å². The quantitative estimate of drug-likeness (QED) is 0.895. The second-order valence-electron chi connectivity index (χ2n) is 5.42. The number of amides is 2. The number of nitrogens with zero attached hydrogens (tertiary/aromatic N) is 2. The smallest absolute Gasteiger partial charge is 0.318 e. The van der Waals surface area contributed by atoms with Crippen LogP contribution in [0.25, 0.3) is 0 Å². The van der Waals surface area contributed by atoms with E-state index in [2.05, 4.69) is 10.3 Å². The number of hydrogen-bond acceptors (Lipinski definition) is 4. The van der Waals surface area contributed by atoms with Gasteiger partial charge in [-0.05, 0) is 33.1 Å². The minimum atomic E-state index is -0.858. The zero-order valence-electron chi connectivity index (χ0n) is 12.3. The lowest BCUT2D eigenvalue weighted by Gasteiger charge is -2.35. The second kappa shape index (κ2) is 6.89. The van der Waals surface area contributed by atoms with Crippen LogP contribution in [0.4, 0.5) is 4.79 Å². The fraction of sp³-hybridized carbons (Fsp3) is 0.643. The molecule has 1 saturated heterocycles. The van der Waals surface area contributed by atoms with E-state index in [1.165, 1.54) is 0 Å². The van der Waals surface area contributed by atoms with Crippen molar-refractivity contribution in [1.29, 1.82) is 0 Å². The summed E-state index contributed by atoms with van der Waals surface area (Å²) < 4.78 is 0. The van der Waals surface area contributed by atoms with Gasteiger partial charge in [0.25, 0.3) is 0 Å². The van der Waals surface area contributed by atoms with Crippen molar-refractivity contribution in [2.24, 2.45) is 0 Å². The third-order valence-electron chi connectivity index (χ3n) is 3.65. The predicted octanol–water partition coefficient (Wildman–Crippen LogP) is 2.55. The van der Waals surface area contributed by atoms with Gasteiger partial charge < -0.3 is 15.3 Å². The van der Waals surface area contributed by atoms with Crippen LogP contribution in [0.1, 0.15) is 48.5 Å². The van der Waals surface area contributed by atoms with Gasteiger partial charge >= 0.3 is 12.0 Å². The molecule has 2 rings (SSSR count). The molecule has 2 N–H and O–H groups in total. The van der Waals surface area contributed by atoms with Gasteiger partial charge in [0.05, 0.1) is 12.5 Å². The first-order valence-electron chi connectivity index (χ1n) is 7.18. The van der Waals surface area contributed by atoms with E-state index in [-0.39, 0.29) is 24.5 Å². The van der Waals surface area contributed by atoms with Gasteiger partial charge in [-0.1, -0.05) is 0 Å². The third kappa shape index (κ3) is 4.17. The Hall–Kier alpha value is -1.63. The van der Waals surface area contributed by atoms with Crippen LogP contribution < -0.4 is 5.32 Å². The fourth-order valence-corrected chi connectivity index (χ4v) is 3.36. The zero-order valence-corrected chi connectivity index (χ0v) is 13.2. The van der Waals surface area contributed by atoms with Gasteiger partial charge in [-0.3, -0.25) is 4.79 Å². The first-order valence-corrected chi connectivity index (χ1v) is 8.00. The Balaban J connectivity index is 1.98. The van der Waals surface area contributed by atoms with Gasteiger partial charge in [-0.25, -0.2) is 9.78 Å². The van der Waals surface area contributed by atoms with Gasteiger partial charge in [0.2, 0.25) is 0 Å². The summed E-state index contributed by atoms with van der Waals surface area (Å²) >= 11 is 1.56. The Bertz CT molecular complexity index is 517. The molecule has 1 aliphatic heterocycles. The van der Waals surface area contributed by atoms with Crippen molar-refractivity contribution in [2.45, 2.75) is 51.6 Å². The number of hydrogen-bond donors (Lipinski definition) is 2. The SMILES string of the molecule is Cc1cnc(C(C)NC(=O)N2CCCCC2CC(=O)O)s1. The molecule has 2 heterocycles. The normalized spacial score (nSPS) is 20.1. The van der Waals surface area contributed by atoms with E-state index in [0.29, 0.717) is 6.54 Å². The molecule has 0 saturated carbocycles. The highest BCUT2D eigenvalue weighted by Crippen LogP contribution is 2.22. The molecule has 0 aliphatic carbocycles. The molecule has 7 heteroatoms. The molecular formula is C14H21N3O3S. The number of likely N-dealkylation sites (tertiary alicyclic amines) is 1. The number of thiazole rings is 1. The van der Waals surface area contributed by atoms with Gasteiger partial charge in [-0.2, -0.15) is 0 Å². The summed E-state index contributed by atoms with van der Waals surface area (Å²) in [5.41, 5.74) is 0. The number of nitrogens with one attached hydrogen (secondary N) is 1.